The molecule has 1 aromatic carbocycles. The average Bonchev–Trinajstić information content (AvgIpc) is 3.39. The number of fused-ring (bicyclic) bond motifs is 1. The summed E-state index contributed by atoms with van der Waals surface area (Å²) in [6.45, 7) is 2.15. The van der Waals surface area contributed by atoms with Crippen LogP contribution in [-0.4, -0.2) is 32.4 Å². The van der Waals surface area contributed by atoms with Gasteiger partial charge in [0.05, 0.1) is 5.69 Å². The Morgan fingerprint density at radius 3 is 2.88 bits per heavy atom. The largest absolute Gasteiger partial charge is 0.356 e. The Balaban J connectivity index is 1.40. The molecule has 7 heteroatoms. The molecule has 0 aliphatic carbocycles. The normalized spacial score (nSPS) is 14.2. The lowest BCUT2D eigenvalue weighted by Crippen LogP contribution is -2.19. The van der Waals surface area contributed by atoms with Crippen LogP contribution in [0, 0.1) is 0 Å². The molecule has 5 rings (SSSR count). The molecular formula is C19H18N6S. The van der Waals surface area contributed by atoms with Crippen molar-refractivity contribution in [1.29, 1.82) is 0 Å². The van der Waals surface area contributed by atoms with Crippen molar-refractivity contribution in [3.63, 3.8) is 0 Å². The minimum absolute atomic E-state index is 0.810. The van der Waals surface area contributed by atoms with Gasteiger partial charge >= 0.3 is 0 Å². The Kier molecular flexibility index (Phi) is 3.79. The van der Waals surface area contributed by atoms with Crippen molar-refractivity contribution in [2.45, 2.75) is 12.8 Å². The van der Waals surface area contributed by atoms with Crippen LogP contribution in [-0.2, 0) is 0 Å². The fourth-order valence-electron chi connectivity index (χ4n) is 3.31. The van der Waals surface area contributed by atoms with Gasteiger partial charge in [0.1, 0.15) is 18.0 Å². The van der Waals surface area contributed by atoms with E-state index in [1.165, 1.54) is 12.8 Å². The first kappa shape index (κ1) is 15.3. The molecule has 1 aliphatic heterocycles. The maximum absolute atomic E-state index is 4.68. The molecule has 4 heterocycles. The summed E-state index contributed by atoms with van der Waals surface area (Å²) in [6, 6.07) is 10.3. The summed E-state index contributed by atoms with van der Waals surface area (Å²) < 4.78 is 2.05. The van der Waals surface area contributed by atoms with Crippen molar-refractivity contribution in [1.82, 2.24) is 19.4 Å². The zero-order valence-corrected chi connectivity index (χ0v) is 15.0. The maximum Gasteiger partial charge on any atom is 0.194 e. The van der Waals surface area contributed by atoms with E-state index in [0.717, 1.165) is 46.6 Å². The van der Waals surface area contributed by atoms with Gasteiger partial charge in [-0.25, -0.2) is 15.0 Å². The van der Waals surface area contributed by atoms with E-state index < -0.39 is 0 Å². The van der Waals surface area contributed by atoms with Gasteiger partial charge in [-0.3, -0.25) is 4.40 Å². The number of rotatable bonds is 4. The summed E-state index contributed by atoms with van der Waals surface area (Å²) in [5.41, 5.74) is 3.05. The number of anilines is 3. The highest BCUT2D eigenvalue weighted by Gasteiger charge is 2.14. The van der Waals surface area contributed by atoms with Gasteiger partial charge in [-0.05, 0) is 25.0 Å². The van der Waals surface area contributed by atoms with Crippen LogP contribution in [0.5, 0.6) is 0 Å². The van der Waals surface area contributed by atoms with E-state index in [4.69, 9.17) is 0 Å². The third-order valence-electron chi connectivity index (χ3n) is 4.61. The number of hydrogen-bond donors (Lipinski definition) is 1. The van der Waals surface area contributed by atoms with E-state index in [0.29, 0.717) is 0 Å². The Morgan fingerprint density at radius 1 is 1.08 bits per heavy atom. The first-order chi connectivity index (χ1) is 12.8. The van der Waals surface area contributed by atoms with Crippen LogP contribution in [0.1, 0.15) is 12.8 Å². The fraction of sp³-hybridized carbons (Fsp3) is 0.211. The summed E-state index contributed by atoms with van der Waals surface area (Å²) in [6.07, 6.45) is 8.18. The minimum Gasteiger partial charge on any atom is -0.356 e. The van der Waals surface area contributed by atoms with Crippen LogP contribution in [0.4, 0.5) is 17.3 Å². The number of nitrogens with zero attached hydrogens (tertiary/aromatic N) is 5. The fourth-order valence-corrected chi connectivity index (χ4v) is 4.01. The van der Waals surface area contributed by atoms with E-state index in [-0.39, 0.29) is 0 Å². The van der Waals surface area contributed by atoms with Crippen LogP contribution < -0.4 is 10.2 Å². The van der Waals surface area contributed by atoms with E-state index in [9.17, 15) is 0 Å². The van der Waals surface area contributed by atoms with Gasteiger partial charge in [-0.15, -0.1) is 11.3 Å². The molecule has 1 aliphatic rings. The second-order valence-electron chi connectivity index (χ2n) is 6.38. The number of nitrogens with one attached hydrogen (secondary N) is 1. The smallest absolute Gasteiger partial charge is 0.194 e. The van der Waals surface area contributed by atoms with Crippen LogP contribution in [0.15, 0.2) is 54.4 Å². The quantitative estimate of drug-likeness (QED) is 0.590. The van der Waals surface area contributed by atoms with Gasteiger partial charge in [-0.1, -0.05) is 12.1 Å². The molecule has 1 fully saturated rings. The highest BCUT2D eigenvalue weighted by molar-refractivity contribution is 7.15. The number of hydrogen-bond acceptors (Lipinski definition) is 6. The van der Waals surface area contributed by atoms with Gasteiger partial charge in [-0.2, -0.15) is 0 Å². The highest BCUT2D eigenvalue weighted by Crippen LogP contribution is 2.26. The van der Waals surface area contributed by atoms with Crippen molar-refractivity contribution in [2.24, 2.45) is 0 Å². The zero-order valence-electron chi connectivity index (χ0n) is 14.2. The molecule has 0 bridgehead atoms. The zero-order chi connectivity index (χ0) is 17.3. The highest BCUT2D eigenvalue weighted by atomic mass is 32.1. The molecule has 130 valence electrons. The van der Waals surface area contributed by atoms with E-state index in [1.807, 2.05) is 34.2 Å². The molecule has 6 nitrogen and oxygen atoms in total. The van der Waals surface area contributed by atoms with Crippen LogP contribution >= 0.6 is 11.3 Å². The second kappa shape index (κ2) is 6.42. The SMILES string of the molecule is c1cc(Nc2cc(N3CCCC3)ncn2)cc(-c2cn3ccsc3n2)c1. The van der Waals surface area contributed by atoms with E-state index >= 15 is 0 Å². The van der Waals surface area contributed by atoms with Gasteiger partial charge in [0.2, 0.25) is 0 Å². The van der Waals surface area contributed by atoms with E-state index in [2.05, 4.69) is 43.5 Å². The number of aromatic nitrogens is 4. The number of benzene rings is 1. The molecule has 0 unspecified atom stereocenters. The van der Waals surface area contributed by atoms with Crippen molar-refractivity contribution < 1.29 is 0 Å². The van der Waals surface area contributed by atoms with Crippen molar-refractivity contribution in [3.05, 3.63) is 54.4 Å². The van der Waals surface area contributed by atoms with Gasteiger partial charge < -0.3 is 10.2 Å². The van der Waals surface area contributed by atoms with Crippen LogP contribution in [0.2, 0.25) is 0 Å². The molecule has 26 heavy (non-hydrogen) atoms. The molecular weight excluding hydrogens is 344 g/mol. The minimum atomic E-state index is 0.810. The molecule has 4 aromatic rings. The molecule has 1 saturated heterocycles. The molecule has 0 saturated carbocycles. The molecule has 1 N–H and O–H groups in total. The maximum atomic E-state index is 4.68. The molecule has 0 atom stereocenters. The number of thiazole rings is 1. The topological polar surface area (TPSA) is 58.3 Å². The predicted octanol–water partition coefficient (Wildman–Crippen LogP) is 4.20. The Labute approximate surface area is 155 Å². The molecule has 0 amide bonds. The summed E-state index contributed by atoms with van der Waals surface area (Å²) in [5, 5.41) is 5.43. The lowest BCUT2D eigenvalue weighted by Gasteiger charge is -2.16. The third-order valence-corrected chi connectivity index (χ3v) is 5.38. The van der Waals surface area contributed by atoms with Crippen molar-refractivity contribution in [2.75, 3.05) is 23.3 Å². The lowest BCUT2D eigenvalue weighted by atomic mass is 10.1. The monoisotopic (exact) mass is 362 g/mol. The molecule has 3 aromatic heterocycles. The van der Waals surface area contributed by atoms with Gasteiger partial charge in [0, 0.05) is 48.2 Å². The third kappa shape index (κ3) is 2.90. The Bertz CT molecular complexity index is 1020. The van der Waals surface area contributed by atoms with Crippen LogP contribution in [0.3, 0.4) is 0 Å². The second-order valence-corrected chi connectivity index (χ2v) is 7.25. The Hall–Kier alpha value is -2.93. The van der Waals surface area contributed by atoms with Gasteiger partial charge in [0.15, 0.2) is 4.96 Å². The predicted molar refractivity (Wildman–Crippen MR) is 105 cm³/mol. The van der Waals surface area contributed by atoms with Crippen LogP contribution in [0.25, 0.3) is 16.2 Å². The van der Waals surface area contributed by atoms with E-state index in [1.54, 1.807) is 17.7 Å². The number of imidazole rings is 1. The first-order valence-electron chi connectivity index (χ1n) is 8.72. The summed E-state index contributed by atoms with van der Waals surface area (Å²) in [5.74, 6) is 1.80. The van der Waals surface area contributed by atoms with Crippen molar-refractivity contribution in [3.8, 4) is 11.3 Å². The standard InChI is InChI=1S/C19H18N6S/c1-2-7-24(6-1)18-11-17(20-13-21-18)22-15-5-3-4-14(10-15)16-12-25-8-9-26-19(25)23-16/h3-5,8-13H,1-2,6-7H2,(H,20,21,22). The Morgan fingerprint density at radius 2 is 2.00 bits per heavy atom. The summed E-state index contributed by atoms with van der Waals surface area (Å²) >= 11 is 1.64. The van der Waals surface area contributed by atoms with Crippen molar-refractivity contribution >= 4 is 33.6 Å². The first-order valence-corrected chi connectivity index (χ1v) is 9.60. The average molecular weight is 362 g/mol. The lowest BCUT2D eigenvalue weighted by molar-refractivity contribution is 0.928. The summed E-state index contributed by atoms with van der Waals surface area (Å²) in [7, 11) is 0. The molecule has 0 radical (unpaired) electrons. The molecule has 0 spiro atoms. The van der Waals surface area contributed by atoms with Gasteiger partial charge in [0.25, 0.3) is 0 Å². The summed E-state index contributed by atoms with van der Waals surface area (Å²) in [4.78, 5) is 16.8.